The summed E-state index contributed by atoms with van der Waals surface area (Å²) in [4.78, 5) is 12.0. The summed E-state index contributed by atoms with van der Waals surface area (Å²) < 4.78 is 4.91. The standard InChI is InChI=1S/C28H38O3/c1-8-27(30,9-2)17-16-22-12-13-23(18-20(22)5)28(10-3,11-4)24-14-15-25(21(6)19-24)26(29)31-7/h12-19,30H,8-11H2,1-7H3. The van der Waals surface area contributed by atoms with E-state index in [1.807, 2.05) is 39.0 Å². The van der Waals surface area contributed by atoms with Gasteiger partial charge in [0.2, 0.25) is 0 Å². The molecule has 0 aliphatic rings. The van der Waals surface area contributed by atoms with Crippen molar-refractivity contribution in [3.63, 3.8) is 0 Å². The molecule has 2 aromatic rings. The number of ether oxygens (including phenoxy) is 1. The van der Waals surface area contributed by atoms with Crippen LogP contribution >= 0.6 is 0 Å². The number of benzene rings is 2. The molecule has 0 aliphatic heterocycles. The van der Waals surface area contributed by atoms with Crippen molar-refractivity contribution in [3.05, 3.63) is 75.9 Å². The first-order valence-electron chi connectivity index (χ1n) is 11.4. The lowest BCUT2D eigenvalue weighted by atomic mass is 9.69. The number of aliphatic hydroxyl groups is 1. The molecule has 31 heavy (non-hydrogen) atoms. The molecular weight excluding hydrogens is 384 g/mol. The van der Waals surface area contributed by atoms with Crippen LogP contribution in [0.3, 0.4) is 0 Å². The molecule has 0 bridgehead atoms. The van der Waals surface area contributed by atoms with Crippen molar-refractivity contribution in [1.29, 1.82) is 0 Å². The van der Waals surface area contributed by atoms with Crippen LogP contribution in [0.4, 0.5) is 0 Å². The van der Waals surface area contributed by atoms with Crippen molar-refractivity contribution in [2.45, 2.75) is 78.2 Å². The first kappa shape index (κ1) is 24.9. The van der Waals surface area contributed by atoms with Crippen LogP contribution in [-0.4, -0.2) is 23.8 Å². The quantitative estimate of drug-likeness (QED) is 0.454. The molecule has 0 saturated carbocycles. The fraction of sp³-hybridized carbons (Fsp3) is 0.464. The molecule has 2 aromatic carbocycles. The summed E-state index contributed by atoms with van der Waals surface area (Å²) in [5, 5.41) is 10.6. The van der Waals surface area contributed by atoms with Gasteiger partial charge in [-0.3, -0.25) is 0 Å². The molecule has 3 heteroatoms. The van der Waals surface area contributed by atoms with Crippen LogP contribution in [0.1, 0.15) is 91.6 Å². The fourth-order valence-corrected chi connectivity index (χ4v) is 4.42. The second kappa shape index (κ2) is 10.3. The van der Waals surface area contributed by atoms with Gasteiger partial charge in [-0.1, -0.05) is 70.2 Å². The maximum Gasteiger partial charge on any atom is 0.338 e. The molecule has 0 spiro atoms. The number of methoxy groups -OCH3 is 1. The van der Waals surface area contributed by atoms with Crippen molar-refractivity contribution < 1.29 is 14.6 Å². The van der Waals surface area contributed by atoms with Gasteiger partial charge in [0.25, 0.3) is 0 Å². The van der Waals surface area contributed by atoms with Gasteiger partial charge in [0.15, 0.2) is 0 Å². The molecule has 0 saturated heterocycles. The molecule has 0 unspecified atom stereocenters. The van der Waals surface area contributed by atoms with Crippen molar-refractivity contribution in [1.82, 2.24) is 0 Å². The van der Waals surface area contributed by atoms with Crippen LogP contribution in [0.5, 0.6) is 0 Å². The van der Waals surface area contributed by atoms with Crippen LogP contribution in [0.2, 0.25) is 0 Å². The lowest BCUT2D eigenvalue weighted by molar-refractivity contribution is 0.0599. The van der Waals surface area contributed by atoms with E-state index in [9.17, 15) is 9.90 Å². The molecule has 0 fully saturated rings. The molecule has 0 aromatic heterocycles. The zero-order valence-corrected chi connectivity index (χ0v) is 20.2. The second-order valence-corrected chi connectivity index (χ2v) is 8.53. The van der Waals surface area contributed by atoms with Crippen molar-refractivity contribution in [2.24, 2.45) is 0 Å². The van der Waals surface area contributed by atoms with E-state index in [0.717, 1.165) is 24.0 Å². The third kappa shape index (κ3) is 5.10. The van der Waals surface area contributed by atoms with E-state index < -0.39 is 5.60 Å². The van der Waals surface area contributed by atoms with Gasteiger partial charge >= 0.3 is 5.97 Å². The molecule has 168 valence electrons. The Hall–Kier alpha value is -2.39. The van der Waals surface area contributed by atoms with Gasteiger partial charge in [0.05, 0.1) is 18.3 Å². The number of rotatable bonds is 9. The summed E-state index contributed by atoms with van der Waals surface area (Å²) in [5.74, 6) is -0.297. The minimum absolute atomic E-state index is 0.125. The van der Waals surface area contributed by atoms with Crippen LogP contribution < -0.4 is 0 Å². The Morgan fingerprint density at radius 1 is 0.903 bits per heavy atom. The van der Waals surface area contributed by atoms with Gasteiger partial charge in [-0.2, -0.15) is 0 Å². The Morgan fingerprint density at radius 2 is 1.45 bits per heavy atom. The number of aryl methyl sites for hydroxylation is 2. The van der Waals surface area contributed by atoms with E-state index in [1.54, 1.807) is 0 Å². The SMILES string of the molecule is CCC(O)(C=Cc1ccc(C(CC)(CC)c2ccc(C(=O)OC)c(C)c2)cc1C)CC. The van der Waals surface area contributed by atoms with E-state index in [4.69, 9.17) is 4.74 Å². The Balaban J connectivity index is 2.50. The third-order valence-corrected chi connectivity index (χ3v) is 7.01. The predicted octanol–water partition coefficient (Wildman–Crippen LogP) is 6.76. The van der Waals surface area contributed by atoms with Crippen molar-refractivity contribution in [3.8, 4) is 0 Å². The largest absolute Gasteiger partial charge is 0.465 e. The maximum atomic E-state index is 12.0. The van der Waals surface area contributed by atoms with Gasteiger partial charge in [-0.05, 0) is 73.4 Å². The van der Waals surface area contributed by atoms with Gasteiger partial charge < -0.3 is 9.84 Å². The smallest absolute Gasteiger partial charge is 0.338 e. The molecule has 0 aliphatic carbocycles. The predicted molar refractivity (Wildman–Crippen MR) is 130 cm³/mol. The van der Waals surface area contributed by atoms with Gasteiger partial charge in [-0.15, -0.1) is 0 Å². The monoisotopic (exact) mass is 422 g/mol. The highest BCUT2D eigenvalue weighted by molar-refractivity contribution is 5.91. The van der Waals surface area contributed by atoms with E-state index in [-0.39, 0.29) is 11.4 Å². The summed E-state index contributed by atoms with van der Waals surface area (Å²) in [6, 6.07) is 12.7. The Morgan fingerprint density at radius 3 is 1.90 bits per heavy atom. The molecule has 0 radical (unpaired) electrons. The summed E-state index contributed by atoms with van der Waals surface area (Å²) >= 11 is 0. The lowest BCUT2D eigenvalue weighted by Crippen LogP contribution is -2.26. The van der Waals surface area contributed by atoms with Gasteiger partial charge in [-0.25, -0.2) is 4.79 Å². The zero-order chi connectivity index (χ0) is 23.2. The minimum atomic E-state index is -0.749. The van der Waals surface area contributed by atoms with Crippen LogP contribution in [-0.2, 0) is 10.2 Å². The molecule has 0 atom stereocenters. The average molecular weight is 423 g/mol. The van der Waals surface area contributed by atoms with E-state index in [2.05, 4.69) is 51.1 Å². The third-order valence-electron chi connectivity index (χ3n) is 7.01. The zero-order valence-electron chi connectivity index (χ0n) is 20.2. The molecule has 1 N–H and O–H groups in total. The lowest BCUT2D eigenvalue weighted by Gasteiger charge is -2.34. The first-order valence-corrected chi connectivity index (χ1v) is 11.4. The topological polar surface area (TPSA) is 46.5 Å². The van der Waals surface area contributed by atoms with Crippen molar-refractivity contribution in [2.75, 3.05) is 7.11 Å². The molecule has 0 heterocycles. The number of carbonyl (C=O) groups excluding carboxylic acids is 1. The maximum absolute atomic E-state index is 12.0. The van der Waals surface area contributed by atoms with Crippen LogP contribution in [0, 0.1) is 13.8 Å². The highest BCUT2D eigenvalue weighted by Crippen LogP contribution is 2.40. The molecular formula is C28H38O3. The number of hydrogen-bond acceptors (Lipinski definition) is 3. The fourth-order valence-electron chi connectivity index (χ4n) is 4.42. The summed E-state index contributed by atoms with van der Waals surface area (Å²) in [6.07, 6.45) is 7.29. The molecule has 2 rings (SSSR count). The Bertz CT molecular complexity index is 931. The highest BCUT2D eigenvalue weighted by Gasteiger charge is 2.31. The van der Waals surface area contributed by atoms with E-state index in [0.29, 0.717) is 18.4 Å². The summed E-state index contributed by atoms with van der Waals surface area (Å²) in [5.41, 5.74) is 5.49. The Labute approximate surface area is 188 Å². The van der Waals surface area contributed by atoms with E-state index in [1.165, 1.54) is 23.8 Å². The van der Waals surface area contributed by atoms with Crippen LogP contribution in [0.15, 0.2) is 42.5 Å². The molecule has 3 nitrogen and oxygen atoms in total. The summed E-state index contributed by atoms with van der Waals surface area (Å²) in [6.45, 7) is 12.6. The average Bonchev–Trinajstić information content (AvgIpc) is 2.79. The van der Waals surface area contributed by atoms with E-state index >= 15 is 0 Å². The second-order valence-electron chi connectivity index (χ2n) is 8.53. The van der Waals surface area contributed by atoms with Crippen molar-refractivity contribution >= 4 is 12.0 Å². The van der Waals surface area contributed by atoms with Gasteiger partial charge in [0.1, 0.15) is 0 Å². The Kier molecular flexibility index (Phi) is 8.25. The van der Waals surface area contributed by atoms with Crippen LogP contribution in [0.25, 0.3) is 6.08 Å². The normalized spacial score (nSPS) is 12.4. The summed E-state index contributed by atoms with van der Waals surface area (Å²) in [7, 11) is 1.42. The first-order chi connectivity index (χ1) is 14.7. The minimum Gasteiger partial charge on any atom is -0.465 e. The molecule has 0 amide bonds. The number of carbonyl (C=O) groups is 1. The number of hydrogen-bond donors (Lipinski definition) is 1. The number of esters is 1. The van der Waals surface area contributed by atoms with Gasteiger partial charge in [0, 0.05) is 5.41 Å². The highest BCUT2D eigenvalue weighted by atomic mass is 16.5.